The predicted octanol–water partition coefficient (Wildman–Crippen LogP) is 6.54. The number of anilines is 2. The summed E-state index contributed by atoms with van der Waals surface area (Å²) in [4.78, 5) is 13.2. The second kappa shape index (κ2) is 12.4. The summed E-state index contributed by atoms with van der Waals surface area (Å²) in [6, 6.07) is 6.35. The van der Waals surface area contributed by atoms with E-state index in [1.807, 2.05) is 31.9 Å². The van der Waals surface area contributed by atoms with E-state index in [9.17, 15) is 5.26 Å². The van der Waals surface area contributed by atoms with Crippen LogP contribution in [0.3, 0.4) is 0 Å². The molecule has 3 atom stereocenters. The van der Waals surface area contributed by atoms with Crippen LogP contribution in [0.4, 0.5) is 29.1 Å². The number of nitrogens with two attached hydrogens (primary N) is 1. The summed E-state index contributed by atoms with van der Waals surface area (Å²) in [7, 11) is 3.68. The molecule has 2 bridgehead atoms. The number of fused-ring (bicyclic) bond motifs is 4. The minimum atomic E-state index is -4.94. The van der Waals surface area contributed by atoms with Crippen molar-refractivity contribution in [3.05, 3.63) is 40.8 Å². The zero-order chi connectivity index (χ0) is 34.7. The molecule has 2 aromatic carbocycles. The molecule has 0 amide bonds. The highest BCUT2D eigenvalue weighted by molar-refractivity contribution is 6.07. The smallest absolute Gasteiger partial charge is 0.417 e. The molecule has 7 rings (SSSR count). The Kier molecular flexibility index (Phi) is 8.70. The zero-order valence-electron chi connectivity index (χ0n) is 28.2. The predicted molar refractivity (Wildman–Crippen MR) is 180 cm³/mol. The first-order valence-corrected chi connectivity index (χ1v) is 16.5. The van der Waals surface area contributed by atoms with Gasteiger partial charge in [-0.2, -0.15) is 28.4 Å². The number of halogens is 4. The van der Waals surface area contributed by atoms with E-state index < -0.39 is 23.1 Å². The lowest BCUT2D eigenvalue weighted by Crippen LogP contribution is -2.51. The van der Waals surface area contributed by atoms with Crippen molar-refractivity contribution in [3.63, 3.8) is 0 Å². The second-order valence-corrected chi connectivity index (χ2v) is 13.2. The fourth-order valence-electron chi connectivity index (χ4n) is 7.59. The van der Waals surface area contributed by atoms with E-state index in [0.29, 0.717) is 24.3 Å². The van der Waals surface area contributed by atoms with Crippen LogP contribution in [0.5, 0.6) is 6.01 Å². The summed E-state index contributed by atoms with van der Waals surface area (Å²) < 4.78 is 70.1. The average molecular weight is 667 g/mol. The number of hydrogen-bond acceptors (Lipinski definition) is 8. The minimum Gasteiger partial charge on any atom is -0.461 e. The number of nitriles is 1. The van der Waals surface area contributed by atoms with Gasteiger partial charge in [0.05, 0.1) is 27.9 Å². The summed E-state index contributed by atoms with van der Waals surface area (Å²) in [5, 5.41) is 13.7. The summed E-state index contributed by atoms with van der Waals surface area (Å²) >= 11 is 0. The van der Waals surface area contributed by atoms with E-state index in [1.54, 1.807) is 24.6 Å². The number of alkyl halides is 3. The number of likely N-dealkylation sites (N-methyl/N-ethyl adjacent to an activating group) is 1. The molecule has 256 valence electrons. The third kappa shape index (κ3) is 5.48. The first-order chi connectivity index (χ1) is 22.8. The lowest BCUT2D eigenvalue weighted by molar-refractivity contribution is -0.137. The highest BCUT2D eigenvalue weighted by atomic mass is 19.4. The van der Waals surface area contributed by atoms with E-state index in [1.165, 1.54) is 6.07 Å². The maximum atomic E-state index is 17.2. The molecule has 3 N–H and O–H groups in total. The van der Waals surface area contributed by atoms with Gasteiger partial charge in [0.25, 0.3) is 0 Å². The number of piperazine rings is 1. The van der Waals surface area contributed by atoms with Gasteiger partial charge in [0.2, 0.25) is 0 Å². The van der Waals surface area contributed by atoms with E-state index >= 15 is 17.6 Å². The number of nitrogens with zero attached hydrogens (tertiary/aromatic N) is 6. The normalized spacial score (nSPS) is 22.6. The summed E-state index contributed by atoms with van der Waals surface area (Å²) in [6.07, 6.45) is -1.17. The topological polar surface area (TPSA) is 108 Å². The van der Waals surface area contributed by atoms with Crippen molar-refractivity contribution in [1.29, 1.82) is 5.26 Å². The third-order valence-corrected chi connectivity index (χ3v) is 10.4. The van der Waals surface area contributed by atoms with Crippen LogP contribution < -0.4 is 20.7 Å². The third-order valence-electron chi connectivity index (χ3n) is 10.4. The molecule has 0 saturated carbocycles. The number of hydrogen-bond donors (Lipinski definition) is 2. The molecule has 0 radical (unpaired) electrons. The van der Waals surface area contributed by atoms with Crippen molar-refractivity contribution in [3.8, 4) is 23.2 Å². The Balaban J connectivity index is 0.00000197. The van der Waals surface area contributed by atoms with Gasteiger partial charge in [-0.25, -0.2) is 4.39 Å². The summed E-state index contributed by atoms with van der Waals surface area (Å²) in [5.41, 5.74) is 4.56. The van der Waals surface area contributed by atoms with Gasteiger partial charge in [-0.3, -0.25) is 4.90 Å². The van der Waals surface area contributed by atoms with Crippen molar-refractivity contribution in [2.45, 2.75) is 77.2 Å². The van der Waals surface area contributed by atoms with E-state index in [4.69, 9.17) is 10.5 Å². The molecular formula is C35H42F4N8O. The first kappa shape index (κ1) is 33.7. The Hall–Kier alpha value is -4.15. The Morgan fingerprint density at radius 3 is 2.42 bits per heavy atom. The number of rotatable bonds is 5. The zero-order valence-corrected chi connectivity index (χ0v) is 28.2. The van der Waals surface area contributed by atoms with E-state index in [-0.39, 0.29) is 69.2 Å². The molecule has 2 aromatic heterocycles. The summed E-state index contributed by atoms with van der Waals surface area (Å²) in [6.45, 7) is 9.85. The molecule has 0 spiro atoms. The van der Waals surface area contributed by atoms with Gasteiger partial charge in [0.15, 0.2) is 5.82 Å². The molecule has 3 aliphatic heterocycles. The number of ether oxygens (including phenoxy) is 1. The summed E-state index contributed by atoms with van der Waals surface area (Å²) in [5.74, 6) is -0.932. The van der Waals surface area contributed by atoms with Gasteiger partial charge in [0, 0.05) is 59.8 Å². The van der Waals surface area contributed by atoms with Crippen LogP contribution in [0.15, 0.2) is 18.2 Å². The van der Waals surface area contributed by atoms with Crippen molar-refractivity contribution >= 4 is 33.3 Å². The molecule has 0 aliphatic carbocycles. The Morgan fingerprint density at radius 1 is 1.12 bits per heavy atom. The van der Waals surface area contributed by atoms with Gasteiger partial charge in [-0.1, -0.05) is 13.8 Å². The van der Waals surface area contributed by atoms with Gasteiger partial charge in [-0.05, 0) is 71.3 Å². The van der Waals surface area contributed by atoms with Crippen LogP contribution in [0.2, 0.25) is 0 Å². The fraction of sp³-hybridized carbons (Fsp3) is 0.514. The van der Waals surface area contributed by atoms with Crippen molar-refractivity contribution in [2.75, 3.05) is 43.9 Å². The van der Waals surface area contributed by atoms with Gasteiger partial charge in [0.1, 0.15) is 24.0 Å². The molecular weight excluding hydrogens is 624 g/mol. The minimum absolute atomic E-state index is 0.0126. The van der Waals surface area contributed by atoms with Crippen LogP contribution in [0, 0.1) is 24.1 Å². The largest absolute Gasteiger partial charge is 0.461 e. The number of benzene rings is 2. The average Bonchev–Trinajstić information content (AvgIpc) is 3.67. The Labute approximate surface area is 277 Å². The monoisotopic (exact) mass is 666 g/mol. The van der Waals surface area contributed by atoms with Crippen molar-refractivity contribution < 1.29 is 22.3 Å². The standard InChI is InChI=1S/C33H36F4N8O.C2H6/c1-17-25(26-21(13-38)23(39)8-9-24(26)44(17)4)27-22(33(35,36)37)12-20-29(28(27)34)41-31(46-16-32(2)10-5-11-43(32)3)42-30(20)45-14-18-6-7-19(15-45)40-18;1-2/h8-9,12,18-19,40H,5-7,10-11,14-16,39H2,1-4H3;1-2H3/t18?,19?,32-;/m0./s1. The van der Waals surface area contributed by atoms with Gasteiger partial charge >= 0.3 is 12.2 Å². The van der Waals surface area contributed by atoms with Crippen LogP contribution in [0.25, 0.3) is 32.9 Å². The fourth-order valence-corrected chi connectivity index (χ4v) is 7.59. The highest BCUT2D eigenvalue weighted by Crippen LogP contribution is 2.48. The molecule has 3 aliphatic rings. The van der Waals surface area contributed by atoms with Crippen LogP contribution in [-0.2, 0) is 13.2 Å². The van der Waals surface area contributed by atoms with Crippen molar-refractivity contribution in [2.24, 2.45) is 7.05 Å². The SMILES string of the molecule is CC.Cc1c(-c2c(C(F)(F)F)cc3c(N4CC5CCC(C4)N5)nc(OC[C@]4(C)CCCN4C)nc3c2F)c2c(C#N)c(N)ccc2n1C. The number of nitrogen functional groups attached to an aromatic ring is 1. The van der Waals surface area contributed by atoms with E-state index in [2.05, 4.69) is 27.1 Å². The Bertz CT molecular complexity index is 1920. The lowest BCUT2D eigenvalue weighted by atomic mass is 9.92. The van der Waals surface area contributed by atoms with Crippen LogP contribution in [-0.4, -0.2) is 70.3 Å². The molecule has 3 fully saturated rings. The maximum absolute atomic E-state index is 17.2. The number of aryl methyl sites for hydroxylation is 1. The Morgan fingerprint density at radius 2 is 1.81 bits per heavy atom. The van der Waals surface area contributed by atoms with E-state index in [0.717, 1.165) is 38.3 Å². The molecule has 13 heteroatoms. The number of likely N-dealkylation sites (tertiary alicyclic amines) is 1. The molecule has 4 aromatic rings. The first-order valence-electron chi connectivity index (χ1n) is 16.5. The second-order valence-electron chi connectivity index (χ2n) is 13.2. The maximum Gasteiger partial charge on any atom is 0.417 e. The van der Waals surface area contributed by atoms with Crippen LogP contribution in [0.1, 0.15) is 63.3 Å². The van der Waals surface area contributed by atoms with Crippen LogP contribution >= 0.6 is 0 Å². The molecule has 2 unspecified atom stereocenters. The molecule has 5 heterocycles. The number of aromatic nitrogens is 3. The molecule has 3 saturated heterocycles. The molecule has 48 heavy (non-hydrogen) atoms. The molecule has 9 nitrogen and oxygen atoms in total. The van der Waals surface area contributed by atoms with Gasteiger partial charge in [-0.15, -0.1) is 0 Å². The van der Waals surface area contributed by atoms with Crippen molar-refractivity contribution in [1.82, 2.24) is 24.8 Å². The highest BCUT2D eigenvalue weighted by Gasteiger charge is 2.41. The van der Waals surface area contributed by atoms with Gasteiger partial charge < -0.3 is 25.3 Å². The quantitative estimate of drug-likeness (QED) is 0.183. The lowest BCUT2D eigenvalue weighted by Gasteiger charge is -2.35. The number of nitrogens with one attached hydrogen (secondary N) is 1.